The first-order valence-electron chi connectivity index (χ1n) is 17.4. The van der Waals surface area contributed by atoms with Crippen LogP contribution in [0, 0.1) is 0 Å². The maximum Gasteiger partial charge on any atom is 0.160 e. The molecule has 3 heteroatoms. The fraction of sp³-hybridized carbons (Fsp3) is 0.0417. The van der Waals surface area contributed by atoms with Gasteiger partial charge in [0.1, 0.15) is 11.2 Å². The van der Waals surface area contributed by atoms with Crippen molar-refractivity contribution in [2.24, 2.45) is 9.98 Å². The van der Waals surface area contributed by atoms with E-state index in [1.54, 1.807) is 0 Å². The Bertz CT molecular complexity index is 2720. The van der Waals surface area contributed by atoms with Crippen molar-refractivity contribution in [3.05, 3.63) is 209 Å². The van der Waals surface area contributed by atoms with Crippen molar-refractivity contribution in [3.8, 4) is 22.3 Å². The summed E-state index contributed by atoms with van der Waals surface area (Å²) >= 11 is 0. The number of rotatable bonds is 4. The molecule has 3 nitrogen and oxygen atoms in total. The Balaban J connectivity index is 1.22. The topological polar surface area (TPSA) is 37.9 Å². The predicted octanol–water partition coefficient (Wildman–Crippen LogP) is 11.9. The van der Waals surface area contributed by atoms with E-state index in [4.69, 9.17) is 14.4 Å². The van der Waals surface area contributed by atoms with Gasteiger partial charge in [0.2, 0.25) is 0 Å². The minimum absolute atomic E-state index is 0.515. The Kier molecular flexibility index (Phi) is 6.46. The molecule has 1 aromatic heterocycles. The zero-order valence-electron chi connectivity index (χ0n) is 28.1. The van der Waals surface area contributed by atoms with Crippen molar-refractivity contribution in [3.63, 3.8) is 0 Å². The largest absolute Gasteiger partial charge is 0.455 e. The van der Waals surface area contributed by atoms with Crippen LogP contribution in [0.4, 0.5) is 0 Å². The second-order valence-electron chi connectivity index (χ2n) is 13.4. The highest BCUT2D eigenvalue weighted by Crippen LogP contribution is 2.64. The molecule has 240 valence electrons. The van der Waals surface area contributed by atoms with E-state index in [1.165, 1.54) is 38.9 Å². The van der Waals surface area contributed by atoms with Crippen LogP contribution in [0.3, 0.4) is 0 Å². The fourth-order valence-corrected chi connectivity index (χ4v) is 8.41. The Morgan fingerprint density at radius 2 is 1.14 bits per heavy atom. The predicted molar refractivity (Wildman–Crippen MR) is 211 cm³/mol. The SMILES string of the molecule is C=C(/N=C(\N=C(/C)c1ccc2c(c1)C1(c3ccccc3-c3ccccc31)c1ccc3c(oc4ccccc43)c1-2)c1ccccc1)c1ccccc1. The molecule has 0 unspecified atom stereocenters. The van der Waals surface area contributed by atoms with E-state index in [0.717, 1.165) is 49.9 Å². The standard InChI is InChI=1S/C48H32N2O/c1-30(32-15-5-3-6-16-32)49-47(33-17-7-4-8-18-33)50-31(2)34-25-26-39-43(29-34)48(40-22-12-9-19-35(40)36-20-10-13-23-41(36)48)42-28-27-38-37-21-11-14-24-44(37)51-46(38)45(39)42/h3-29H,1H2,2H3/b49-47-,50-31+. The normalized spacial score (nSPS) is 14.1. The number of amidine groups is 1. The van der Waals surface area contributed by atoms with Gasteiger partial charge in [-0.1, -0.05) is 158 Å². The van der Waals surface area contributed by atoms with Crippen molar-refractivity contribution in [2.75, 3.05) is 0 Å². The van der Waals surface area contributed by atoms with E-state index in [1.807, 2.05) is 66.7 Å². The second kappa shape index (κ2) is 11.2. The smallest absolute Gasteiger partial charge is 0.160 e. The van der Waals surface area contributed by atoms with E-state index in [-0.39, 0.29) is 0 Å². The van der Waals surface area contributed by atoms with Gasteiger partial charge in [-0.25, -0.2) is 9.98 Å². The lowest BCUT2D eigenvalue weighted by Crippen LogP contribution is -2.26. The lowest BCUT2D eigenvalue weighted by atomic mass is 9.70. The second-order valence-corrected chi connectivity index (χ2v) is 13.4. The average Bonchev–Trinajstić information content (AvgIpc) is 3.82. The van der Waals surface area contributed by atoms with Crippen LogP contribution in [0.15, 0.2) is 185 Å². The van der Waals surface area contributed by atoms with Crippen molar-refractivity contribution in [1.82, 2.24) is 0 Å². The first-order valence-corrected chi connectivity index (χ1v) is 17.4. The third-order valence-corrected chi connectivity index (χ3v) is 10.7. The molecule has 10 rings (SSSR count). The van der Waals surface area contributed by atoms with Crippen molar-refractivity contribution < 1.29 is 4.42 Å². The molecule has 0 fully saturated rings. The molecular formula is C48H32N2O. The highest BCUT2D eigenvalue weighted by Gasteiger charge is 2.52. The van der Waals surface area contributed by atoms with Crippen molar-refractivity contribution in [2.45, 2.75) is 12.3 Å². The van der Waals surface area contributed by atoms with Crippen LogP contribution in [0.5, 0.6) is 0 Å². The van der Waals surface area contributed by atoms with Crippen molar-refractivity contribution in [1.29, 1.82) is 0 Å². The third-order valence-electron chi connectivity index (χ3n) is 10.7. The molecule has 0 amide bonds. The zero-order chi connectivity index (χ0) is 34.1. The maximum absolute atomic E-state index is 6.74. The molecule has 0 bridgehead atoms. The van der Waals surface area contributed by atoms with Gasteiger partial charge in [-0.2, -0.15) is 0 Å². The van der Waals surface area contributed by atoms with Gasteiger partial charge < -0.3 is 4.42 Å². The molecule has 2 aliphatic rings. The monoisotopic (exact) mass is 652 g/mol. The summed E-state index contributed by atoms with van der Waals surface area (Å²) in [5.74, 6) is 0.626. The van der Waals surface area contributed by atoms with Gasteiger partial charge in [-0.15, -0.1) is 0 Å². The Morgan fingerprint density at radius 1 is 0.510 bits per heavy atom. The molecule has 0 saturated heterocycles. The third kappa shape index (κ3) is 4.25. The molecule has 0 saturated carbocycles. The number of hydrogen-bond acceptors (Lipinski definition) is 2. The molecule has 0 atom stereocenters. The Labute approximate surface area is 296 Å². The summed E-state index contributed by atoms with van der Waals surface area (Å²) in [6.45, 7) is 6.38. The van der Waals surface area contributed by atoms with E-state index in [9.17, 15) is 0 Å². The molecule has 0 aliphatic heterocycles. The van der Waals surface area contributed by atoms with Crippen LogP contribution in [-0.2, 0) is 5.41 Å². The van der Waals surface area contributed by atoms with Gasteiger partial charge in [0.15, 0.2) is 5.84 Å². The van der Waals surface area contributed by atoms with Crippen LogP contribution in [-0.4, -0.2) is 11.5 Å². The number of benzene rings is 7. The van der Waals surface area contributed by atoms with Crippen LogP contribution in [0.1, 0.15) is 45.9 Å². The van der Waals surface area contributed by atoms with E-state index in [0.29, 0.717) is 11.5 Å². The molecular weight excluding hydrogens is 621 g/mol. The number of aliphatic imine (C=N–C) groups is 2. The van der Waals surface area contributed by atoms with Crippen LogP contribution in [0.2, 0.25) is 0 Å². The van der Waals surface area contributed by atoms with E-state index in [2.05, 4.69) is 111 Å². The van der Waals surface area contributed by atoms with Crippen molar-refractivity contribution >= 4 is 39.2 Å². The summed E-state index contributed by atoms with van der Waals surface area (Å²) in [5, 5.41) is 2.27. The first-order chi connectivity index (χ1) is 25.1. The number of para-hydroxylation sites is 1. The molecule has 1 spiro atoms. The summed E-state index contributed by atoms with van der Waals surface area (Å²) in [4.78, 5) is 10.2. The number of hydrogen-bond donors (Lipinski definition) is 0. The molecule has 7 aromatic carbocycles. The van der Waals surface area contributed by atoms with E-state index >= 15 is 0 Å². The lowest BCUT2D eigenvalue weighted by Gasteiger charge is -2.30. The number of fused-ring (bicyclic) bond motifs is 14. The maximum atomic E-state index is 6.74. The summed E-state index contributed by atoms with van der Waals surface area (Å²) < 4.78 is 6.74. The Morgan fingerprint density at radius 3 is 1.86 bits per heavy atom. The summed E-state index contributed by atoms with van der Waals surface area (Å²) in [7, 11) is 0. The molecule has 0 N–H and O–H groups in total. The molecule has 2 aliphatic carbocycles. The minimum Gasteiger partial charge on any atom is -0.455 e. The zero-order valence-corrected chi connectivity index (χ0v) is 28.1. The molecule has 1 heterocycles. The number of furan rings is 1. The first kappa shape index (κ1) is 29.3. The van der Waals surface area contributed by atoms with Gasteiger partial charge in [0, 0.05) is 27.6 Å². The summed E-state index contributed by atoms with van der Waals surface area (Å²) in [6.07, 6.45) is 0. The van der Waals surface area contributed by atoms with Gasteiger partial charge >= 0.3 is 0 Å². The summed E-state index contributed by atoms with van der Waals surface area (Å²) in [5.41, 5.74) is 15.8. The minimum atomic E-state index is -0.515. The number of nitrogens with zero attached hydrogens (tertiary/aromatic N) is 2. The van der Waals surface area contributed by atoms with Crippen LogP contribution < -0.4 is 0 Å². The van der Waals surface area contributed by atoms with Gasteiger partial charge in [0.05, 0.1) is 11.1 Å². The van der Waals surface area contributed by atoms with E-state index < -0.39 is 5.41 Å². The van der Waals surface area contributed by atoms with Gasteiger partial charge in [0.25, 0.3) is 0 Å². The fourth-order valence-electron chi connectivity index (χ4n) is 8.41. The van der Waals surface area contributed by atoms with Gasteiger partial charge in [-0.05, 0) is 69.1 Å². The molecule has 51 heavy (non-hydrogen) atoms. The highest BCUT2D eigenvalue weighted by molar-refractivity contribution is 6.15. The van der Waals surface area contributed by atoms with Gasteiger partial charge in [-0.3, -0.25) is 0 Å². The van der Waals surface area contributed by atoms with Crippen LogP contribution >= 0.6 is 0 Å². The lowest BCUT2D eigenvalue weighted by molar-refractivity contribution is 0.669. The van der Waals surface area contributed by atoms with Crippen LogP contribution in [0.25, 0.3) is 49.9 Å². The molecule has 0 radical (unpaired) electrons. The quantitative estimate of drug-likeness (QED) is 0.138. The Hall–Kier alpha value is -6.58. The average molecular weight is 653 g/mol. The molecule has 8 aromatic rings. The summed E-state index contributed by atoms with van der Waals surface area (Å²) in [6, 6.07) is 57.7. The highest BCUT2D eigenvalue weighted by atomic mass is 16.3.